The Morgan fingerprint density at radius 1 is 0.960 bits per heavy atom. The van der Waals surface area contributed by atoms with Gasteiger partial charge in [-0.1, -0.05) is 17.7 Å². The van der Waals surface area contributed by atoms with Crippen molar-refractivity contribution in [3.8, 4) is 0 Å². The van der Waals surface area contributed by atoms with E-state index in [4.69, 9.17) is 12.2 Å². The van der Waals surface area contributed by atoms with Gasteiger partial charge in [-0.25, -0.2) is 0 Å². The quantitative estimate of drug-likeness (QED) is 0.736. The monoisotopic (exact) mass is 355 g/mol. The number of carbonyl (C=O) groups excluding carboxylic acids is 2. The van der Waals surface area contributed by atoms with Crippen LogP contribution in [0.5, 0.6) is 0 Å². The highest BCUT2D eigenvalue weighted by atomic mass is 32.1. The van der Waals surface area contributed by atoms with E-state index in [-0.39, 0.29) is 23.0 Å². The molecule has 2 rings (SSSR count). The third-order valence-corrected chi connectivity index (χ3v) is 3.54. The first-order valence-corrected chi connectivity index (χ1v) is 8.36. The number of carbonyl (C=O) groups is 2. The van der Waals surface area contributed by atoms with Crippen LogP contribution in [0.25, 0.3) is 0 Å². The first-order valence-electron chi connectivity index (χ1n) is 7.95. The summed E-state index contributed by atoms with van der Waals surface area (Å²) in [6.45, 7) is 5.73. The molecule has 6 heteroatoms. The van der Waals surface area contributed by atoms with Gasteiger partial charge in [-0.2, -0.15) is 0 Å². The number of thiocarbonyl (C=S) groups is 1. The van der Waals surface area contributed by atoms with Gasteiger partial charge in [0.15, 0.2) is 5.11 Å². The van der Waals surface area contributed by atoms with Crippen LogP contribution in [0.3, 0.4) is 0 Å². The van der Waals surface area contributed by atoms with Crippen molar-refractivity contribution in [2.24, 2.45) is 0 Å². The summed E-state index contributed by atoms with van der Waals surface area (Å²) in [6, 6.07) is 14.2. The van der Waals surface area contributed by atoms with E-state index in [2.05, 4.69) is 16.0 Å². The van der Waals surface area contributed by atoms with Crippen molar-refractivity contribution in [2.45, 2.75) is 26.8 Å². The third-order valence-electron chi connectivity index (χ3n) is 3.33. The second-order valence-corrected chi connectivity index (χ2v) is 6.39. The Balaban J connectivity index is 1.94. The topological polar surface area (TPSA) is 70.2 Å². The maximum atomic E-state index is 12.2. The Hall–Kier alpha value is -2.73. The van der Waals surface area contributed by atoms with Crippen molar-refractivity contribution in [3.05, 3.63) is 65.2 Å². The number of aryl methyl sites for hydroxylation is 1. The Kier molecular flexibility index (Phi) is 6.25. The zero-order valence-corrected chi connectivity index (χ0v) is 15.2. The lowest BCUT2D eigenvalue weighted by molar-refractivity contribution is 0.0941. The molecule has 0 aromatic heterocycles. The Bertz CT molecular complexity index is 786. The summed E-state index contributed by atoms with van der Waals surface area (Å²) in [7, 11) is 0. The predicted octanol–water partition coefficient (Wildman–Crippen LogP) is 3.26. The predicted molar refractivity (Wildman–Crippen MR) is 104 cm³/mol. The average molecular weight is 355 g/mol. The summed E-state index contributed by atoms with van der Waals surface area (Å²) in [5.41, 5.74) is 2.80. The van der Waals surface area contributed by atoms with Gasteiger partial charge in [-0.15, -0.1) is 0 Å². The van der Waals surface area contributed by atoms with E-state index in [0.29, 0.717) is 16.8 Å². The third kappa shape index (κ3) is 5.69. The molecule has 3 N–H and O–H groups in total. The fourth-order valence-corrected chi connectivity index (χ4v) is 2.38. The molecule has 25 heavy (non-hydrogen) atoms. The van der Waals surface area contributed by atoms with Gasteiger partial charge in [-0.3, -0.25) is 14.9 Å². The van der Waals surface area contributed by atoms with E-state index in [1.54, 1.807) is 36.4 Å². The Morgan fingerprint density at radius 2 is 1.64 bits per heavy atom. The van der Waals surface area contributed by atoms with Crippen LogP contribution in [-0.2, 0) is 0 Å². The molecule has 2 aromatic rings. The lowest BCUT2D eigenvalue weighted by atomic mass is 10.1. The molecular weight excluding hydrogens is 334 g/mol. The van der Waals surface area contributed by atoms with Crippen LogP contribution in [0.15, 0.2) is 48.5 Å². The minimum atomic E-state index is -0.269. The molecule has 2 amide bonds. The molecule has 0 heterocycles. The number of rotatable bonds is 4. The second kappa shape index (κ2) is 8.39. The number of hydrogen-bond acceptors (Lipinski definition) is 3. The average Bonchev–Trinajstić information content (AvgIpc) is 2.54. The first kappa shape index (κ1) is 18.6. The van der Waals surface area contributed by atoms with Crippen molar-refractivity contribution < 1.29 is 9.59 Å². The maximum Gasteiger partial charge on any atom is 0.257 e. The zero-order valence-electron chi connectivity index (χ0n) is 14.4. The SMILES string of the molecule is Cc1cccc(C(=O)NC(=S)Nc2ccc(C(=O)NC(C)C)cc2)c1. The molecule has 0 bridgehead atoms. The highest BCUT2D eigenvalue weighted by molar-refractivity contribution is 7.80. The van der Waals surface area contributed by atoms with Crippen LogP contribution in [0.2, 0.25) is 0 Å². The van der Waals surface area contributed by atoms with Crippen molar-refractivity contribution in [3.63, 3.8) is 0 Å². The van der Waals surface area contributed by atoms with E-state index < -0.39 is 0 Å². The van der Waals surface area contributed by atoms with Crippen molar-refractivity contribution >= 4 is 34.8 Å². The van der Waals surface area contributed by atoms with Gasteiger partial charge < -0.3 is 10.6 Å². The summed E-state index contributed by atoms with van der Waals surface area (Å²) in [4.78, 5) is 24.1. The molecule has 0 radical (unpaired) electrons. The standard InChI is InChI=1S/C19H21N3O2S/c1-12(2)20-17(23)14-7-9-16(10-8-14)21-19(25)22-18(24)15-6-4-5-13(3)11-15/h4-12H,1-3H3,(H,20,23)(H2,21,22,24,25). The smallest absolute Gasteiger partial charge is 0.257 e. The van der Waals surface area contributed by atoms with E-state index >= 15 is 0 Å². The number of hydrogen-bond donors (Lipinski definition) is 3. The van der Waals surface area contributed by atoms with Gasteiger partial charge in [0.2, 0.25) is 0 Å². The van der Waals surface area contributed by atoms with E-state index in [1.807, 2.05) is 32.9 Å². The molecule has 0 aliphatic carbocycles. The molecule has 0 saturated heterocycles. The maximum absolute atomic E-state index is 12.2. The van der Waals surface area contributed by atoms with Gasteiger partial charge in [0, 0.05) is 22.9 Å². The number of anilines is 1. The molecule has 0 spiro atoms. The van der Waals surface area contributed by atoms with Gasteiger partial charge in [0.25, 0.3) is 11.8 Å². The Labute approximate surface area is 152 Å². The van der Waals surface area contributed by atoms with Crippen LogP contribution in [-0.4, -0.2) is 23.0 Å². The van der Waals surface area contributed by atoms with Crippen LogP contribution >= 0.6 is 12.2 Å². The summed E-state index contributed by atoms with van der Waals surface area (Å²) in [5, 5.41) is 8.60. The van der Waals surface area contributed by atoms with Gasteiger partial charge in [-0.05, 0) is 69.4 Å². The summed E-state index contributed by atoms with van der Waals surface area (Å²) in [5.74, 6) is -0.397. The summed E-state index contributed by atoms with van der Waals surface area (Å²) < 4.78 is 0. The fourth-order valence-electron chi connectivity index (χ4n) is 2.17. The number of amides is 2. The van der Waals surface area contributed by atoms with Crippen LogP contribution < -0.4 is 16.0 Å². The van der Waals surface area contributed by atoms with Crippen LogP contribution in [0.4, 0.5) is 5.69 Å². The van der Waals surface area contributed by atoms with Gasteiger partial charge in [0.05, 0.1) is 0 Å². The van der Waals surface area contributed by atoms with Crippen LogP contribution in [0, 0.1) is 6.92 Å². The second-order valence-electron chi connectivity index (χ2n) is 5.98. The summed E-state index contributed by atoms with van der Waals surface area (Å²) >= 11 is 5.16. The fraction of sp³-hybridized carbons (Fsp3) is 0.211. The molecule has 0 saturated carbocycles. The zero-order chi connectivity index (χ0) is 18.4. The first-order chi connectivity index (χ1) is 11.8. The van der Waals surface area contributed by atoms with Crippen molar-refractivity contribution in [2.75, 3.05) is 5.32 Å². The summed E-state index contributed by atoms with van der Waals surface area (Å²) in [6.07, 6.45) is 0. The highest BCUT2D eigenvalue weighted by Crippen LogP contribution is 2.10. The molecule has 0 atom stereocenters. The molecule has 0 unspecified atom stereocenters. The largest absolute Gasteiger partial charge is 0.350 e. The Morgan fingerprint density at radius 3 is 2.24 bits per heavy atom. The molecule has 5 nitrogen and oxygen atoms in total. The van der Waals surface area contributed by atoms with Gasteiger partial charge >= 0.3 is 0 Å². The lowest BCUT2D eigenvalue weighted by Gasteiger charge is -2.11. The van der Waals surface area contributed by atoms with E-state index in [1.165, 1.54) is 0 Å². The van der Waals surface area contributed by atoms with Crippen molar-refractivity contribution in [1.82, 2.24) is 10.6 Å². The van der Waals surface area contributed by atoms with E-state index in [0.717, 1.165) is 5.56 Å². The van der Waals surface area contributed by atoms with Crippen molar-refractivity contribution in [1.29, 1.82) is 0 Å². The highest BCUT2D eigenvalue weighted by Gasteiger charge is 2.09. The number of nitrogens with one attached hydrogen (secondary N) is 3. The molecule has 2 aromatic carbocycles. The normalized spacial score (nSPS) is 10.2. The van der Waals surface area contributed by atoms with Crippen LogP contribution in [0.1, 0.15) is 40.1 Å². The molecule has 0 aliphatic heterocycles. The van der Waals surface area contributed by atoms with E-state index in [9.17, 15) is 9.59 Å². The number of benzene rings is 2. The van der Waals surface area contributed by atoms with Gasteiger partial charge in [0.1, 0.15) is 0 Å². The molecule has 130 valence electrons. The lowest BCUT2D eigenvalue weighted by Crippen LogP contribution is -2.34. The molecule has 0 aliphatic rings. The molecular formula is C19H21N3O2S. The minimum Gasteiger partial charge on any atom is -0.350 e. The molecule has 0 fully saturated rings. The minimum absolute atomic E-state index is 0.0784.